The summed E-state index contributed by atoms with van der Waals surface area (Å²) in [4.78, 5) is 12.0. The lowest BCUT2D eigenvalue weighted by atomic mass is 10.2. The monoisotopic (exact) mass is 416 g/mol. The third-order valence-corrected chi connectivity index (χ3v) is 4.53. The Morgan fingerprint density at radius 2 is 1.96 bits per heavy atom. The molecule has 0 aliphatic heterocycles. The lowest BCUT2D eigenvalue weighted by molar-refractivity contribution is -0.123. The Hall–Kier alpha value is -2.83. The van der Waals surface area contributed by atoms with E-state index in [1.807, 2.05) is 44.2 Å². The van der Waals surface area contributed by atoms with Crippen molar-refractivity contribution in [1.29, 1.82) is 0 Å². The number of ether oxygens (including phenoxy) is 1. The maximum Gasteiger partial charge on any atom is 0.277 e. The molecule has 3 aromatic rings. The number of benzene rings is 2. The molecule has 1 aromatic heterocycles. The molecule has 8 heteroatoms. The first-order chi connectivity index (χ1) is 13.5. The van der Waals surface area contributed by atoms with Crippen molar-refractivity contribution in [2.24, 2.45) is 5.10 Å². The summed E-state index contributed by atoms with van der Waals surface area (Å²) in [7, 11) is 0. The Kier molecular flexibility index (Phi) is 6.34. The van der Waals surface area contributed by atoms with Gasteiger partial charge >= 0.3 is 0 Å². The van der Waals surface area contributed by atoms with Gasteiger partial charge < -0.3 is 4.74 Å². The number of nitrogens with zero attached hydrogens (tertiary/aromatic N) is 3. The topological polar surface area (TPSA) is 68.5 Å². The highest BCUT2D eigenvalue weighted by Gasteiger charge is 2.13. The highest BCUT2D eigenvalue weighted by Crippen LogP contribution is 2.22. The van der Waals surface area contributed by atoms with Crippen molar-refractivity contribution in [2.75, 3.05) is 6.61 Å². The Morgan fingerprint density at radius 1 is 1.21 bits per heavy atom. The van der Waals surface area contributed by atoms with Gasteiger partial charge in [0, 0.05) is 5.02 Å². The van der Waals surface area contributed by atoms with Crippen molar-refractivity contribution in [3.63, 3.8) is 0 Å². The maximum absolute atomic E-state index is 12.0. The first-order valence-corrected chi connectivity index (χ1v) is 9.22. The smallest absolute Gasteiger partial charge is 0.277 e. The molecule has 0 aliphatic rings. The first-order valence-electron chi connectivity index (χ1n) is 8.47. The number of amides is 1. The highest BCUT2D eigenvalue weighted by atomic mass is 35.5. The summed E-state index contributed by atoms with van der Waals surface area (Å²) < 4.78 is 7.10. The van der Waals surface area contributed by atoms with Crippen molar-refractivity contribution in [3.05, 3.63) is 75.5 Å². The summed E-state index contributed by atoms with van der Waals surface area (Å²) in [5.74, 6) is 0.196. The molecule has 1 amide bonds. The van der Waals surface area contributed by atoms with Gasteiger partial charge in [-0.25, -0.2) is 10.1 Å². The number of hydrogen-bond acceptors (Lipinski definition) is 4. The van der Waals surface area contributed by atoms with Gasteiger partial charge in [0.15, 0.2) is 6.61 Å². The van der Waals surface area contributed by atoms with E-state index in [4.69, 9.17) is 27.9 Å². The van der Waals surface area contributed by atoms with Gasteiger partial charge in [0.25, 0.3) is 5.91 Å². The van der Waals surface area contributed by atoms with Crippen LogP contribution < -0.4 is 10.2 Å². The summed E-state index contributed by atoms with van der Waals surface area (Å²) in [5, 5.41) is 9.40. The molecule has 0 bridgehead atoms. The molecule has 0 spiro atoms. The van der Waals surface area contributed by atoms with E-state index in [1.165, 1.54) is 6.21 Å². The molecule has 144 valence electrons. The SMILES string of the molecule is Cc1cc(Cl)ccc1OCC(=O)NN=Cc1c(C)nn(-c2ccccc2)c1Cl. The number of rotatable bonds is 6. The van der Waals surface area contributed by atoms with Crippen LogP contribution in [0.25, 0.3) is 5.69 Å². The summed E-state index contributed by atoms with van der Waals surface area (Å²) in [6, 6.07) is 14.7. The van der Waals surface area contributed by atoms with E-state index in [-0.39, 0.29) is 6.61 Å². The van der Waals surface area contributed by atoms with Crippen molar-refractivity contribution >= 4 is 35.3 Å². The predicted molar refractivity (Wildman–Crippen MR) is 111 cm³/mol. The minimum atomic E-state index is -0.394. The Labute approximate surface area is 172 Å². The molecule has 2 aromatic carbocycles. The zero-order valence-corrected chi connectivity index (χ0v) is 16.8. The summed E-state index contributed by atoms with van der Waals surface area (Å²) in [6.07, 6.45) is 1.47. The quantitative estimate of drug-likeness (QED) is 0.480. The summed E-state index contributed by atoms with van der Waals surface area (Å²) in [5.41, 5.74) is 5.42. The Morgan fingerprint density at radius 3 is 2.68 bits per heavy atom. The fourth-order valence-electron chi connectivity index (χ4n) is 2.52. The molecule has 0 unspecified atom stereocenters. The zero-order chi connectivity index (χ0) is 20.1. The van der Waals surface area contributed by atoms with Crippen molar-refractivity contribution < 1.29 is 9.53 Å². The fraction of sp³-hybridized carbons (Fsp3) is 0.150. The normalized spacial score (nSPS) is 11.0. The average molecular weight is 417 g/mol. The van der Waals surface area contributed by atoms with Crippen molar-refractivity contribution in [2.45, 2.75) is 13.8 Å². The second kappa shape index (κ2) is 8.91. The molecular weight excluding hydrogens is 399 g/mol. The van der Waals surface area contributed by atoms with E-state index in [0.29, 0.717) is 27.2 Å². The highest BCUT2D eigenvalue weighted by molar-refractivity contribution is 6.32. The van der Waals surface area contributed by atoms with Gasteiger partial charge in [0.05, 0.1) is 23.2 Å². The number of aromatic nitrogens is 2. The average Bonchev–Trinajstić information content (AvgIpc) is 2.96. The minimum absolute atomic E-state index is 0.171. The lowest BCUT2D eigenvalue weighted by Crippen LogP contribution is -2.24. The van der Waals surface area contributed by atoms with Crippen LogP contribution >= 0.6 is 23.2 Å². The van der Waals surface area contributed by atoms with Gasteiger partial charge in [-0.05, 0) is 49.7 Å². The standard InChI is InChI=1S/C20H18Cl2N4O2/c1-13-10-15(21)8-9-18(13)28-12-19(27)24-23-11-17-14(2)25-26(20(17)22)16-6-4-3-5-7-16/h3-11H,12H2,1-2H3,(H,24,27). The largest absolute Gasteiger partial charge is 0.483 e. The third kappa shape index (κ3) is 4.71. The van der Waals surface area contributed by atoms with E-state index in [2.05, 4.69) is 15.6 Å². The number of carbonyl (C=O) groups excluding carboxylic acids is 1. The maximum atomic E-state index is 12.0. The minimum Gasteiger partial charge on any atom is -0.483 e. The number of carbonyl (C=O) groups is 1. The van der Waals surface area contributed by atoms with Crippen LogP contribution in [0.15, 0.2) is 53.6 Å². The number of para-hydroxylation sites is 1. The van der Waals surface area contributed by atoms with E-state index < -0.39 is 5.91 Å². The lowest BCUT2D eigenvalue weighted by Gasteiger charge is -2.08. The van der Waals surface area contributed by atoms with E-state index in [0.717, 1.165) is 11.3 Å². The molecule has 0 radical (unpaired) electrons. The first kappa shape index (κ1) is 19.9. The Bertz CT molecular complexity index is 1020. The van der Waals surface area contributed by atoms with Gasteiger partial charge in [-0.15, -0.1) is 0 Å². The molecule has 28 heavy (non-hydrogen) atoms. The molecular formula is C20H18Cl2N4O2. The summed E-state index contributed by atoms with van der Waals surface area (Å²) in [6.45, 7) is 3.50. The van der Waals surface area contributed by atoms with Gasteiger partial charge in [-0.3, -0.25) is 4.79 Å². The molecule has 0 fully saturated rings. The van der Waals surface area contributed by atoms with Crippen LogP contribution in [0.5, 0.6) is 5.75 Å². The van der Waals surface area contributed by atoms with Gasteiger partial charge in [-0.2, -0.15) is 10.2 Å². The molecule has 0 saturated heterocycles. The van der Waals surface area contributed by atoms with Gasteiger partial charge in [-0.1, -0.05) is 41.4 Å². The predicted octanol–water partition coefficient (Wildman–Crippen LogP) is 4.33. The zero-order valence-electron chi connectivity index (χ0n) is 15.3. The summed E-state index contributed by atoms with van der Waals surface area (Å²) >= 11 is 12.3. The molecule has 0 aliphatic carbocycles. The van der Waals surface area contributed by atoms with Crippen molar-refractivity contribution in [1.82, 2.24) is 15.2 Å². The van der Waals surface area contributed by atoms with Crippen LogP contribution in [0.2, 0.25) is 10.2 Å². The van der Waals surface area contributed by atoms with E-state index in [1.54, 1.807) is 22.9 Å². The number of hydrazone groups is 1. The number of halogens is 2. The van der Waals surface area contributed by atoms with E-state index >= 15 is 0 Å². The van der Waals surface area contributed by atoms with Gasteiger partial charge in [0.1, 0.15) is 10.9 Å². The molecule has 0 saturated carbocycles. The Balaban J connectivity index is 1.61. The van der Waals surface area contributed by atoms with Crippen LogP contribution in [0.3, 0.4) is 0 Å². The molecule has 3 rings (SSSR count). The van der Waals surface area contributed by atoms with Crippen LogP contribution in [0, 0.1) is 13.8 Å². The van der Waals surface area contributed by atoms with E-state index in [9.17, 15) is 4.79 Å². The second-order valence-electron chi connectivity index (χ2n) is 6.03. The molecule has 0 atom stereocenters. The molecule has 6 nitrogen and oxygen atoms in total. The van der Waals surface area contributed by atoms with Crippen LogP contribution in [0.4, 0.5) is 0 Å². The van der Waals surface area contributed by atoms with Crippen LogP contribution in [-0.2, 0) is 4.79 Å². The number of aryl methyl sites for hydroxylation is 2. The van der Waals surface area contributed by atoms with Crippen LogP contribution in [0.1, 0.15) is 16.8 Å². The third-order valence-electron chi connectivity index (χ3n) is 3.93. The van der Waals surface area contributed by atoms with Crippen molar-refractivity contribution in [3.8, 4) is 11.4 Å². The fourth-order valence-corrected chi connectivity index (χ4v) is 3.06. The second-order valence-corrected chi connectivity index (χ2v) is 6.82. The van der Waals surface area contributed by atoms with Crippen LogP contribution in [-0.4, -0.2) is 28.5 Å². The van der Waals surface area contributed by atoms with Gasteiger partial charge in [0.2, 0.25) is 0 Å². The number of nitrogens with one attached hydrogen (secondary N) is 1. The number of hydrogen-bond donors (Lipinski definition) is 1. The molecule has 1 heterocycles. The molecule has 1 N–H and O–H groups in total.